The molecule has 0 atom stereocenters. The third kappa shape index (κ3) is 2.58. The molecule has 8 heteroatoms. The summed E-state index contributed by atoms with van der Waals surface area (Å²) in [6.07, 6.45) is -3.89. The van der Waals surface area contributed by atoms with E-state index in [4.69, 9.17) is 4.74 Å². The summed E-state index contributed by atoms with van der Waals surface area (Å²) in [5, 5.41) is 0. The first-order valence-corrected chi connectivity index (χ1v) is 5.79. The van der Waals surface area contributed by atoms with E-state index in [1.54, 1.807) is 0 Å². The highest BCUT2D eigenvalue weighted by Gasteiger charge is 2.34. The topological polar surface area (TPSA) is 37.9 Å². The fraction of sp³-hybridized carbons (Fsp3) is 0.182. The van der Waals surface area contributed by atoms with Crippen LogP contribution in [-0.2, 0) is 6.18 Å². The number of imidazole rings is 1. The summed E-state index contributed by atoms with van der Waals surface area (Å²) >= 11 is 3.08. The largest absolute Gasteiger partial charge is 0.492 e. The molecule has 0 spiro atoms. The Hall–Kier alpha value is -1.57. The van der Waals surface area contributed by atoms with Crippen LogP contribution in [-0.4, -0.2) is 17.1 Å². The van der Waals surface area contributed by atoms with Crippen molar-refractivity contribution in [1.82, 2.24) is 9.97 Å². The number of methoxy groups -OCH3 is 1. The van der Waals surface area contributed by atoms with Crippen LogP contribution in [0.5, 0.6) is 5.75 Å². The van der Waals surface area contributed by atoms with Crippen molar-refractivity contribution in [2.45, 2.75) is 6.18 Å². The third-order valence-corrected chi connectivity index (χ3v) is 3.00. The standard InChI is InChI=1S/C11H7BrF4N2O/c1-19-9-6(12)3-2-5(8(9)13)10-17-4-7(18-10)11(14,15)16/h2-4H,1H3,(H,17,18). The van der Waals surface area contributed by atoms with E-state index in [2.05, 4.69) is 25.9 Å². The highest BCUT2D eigenvalue weighted by molar-refractivity contribution is 9.10. The first-order chi connectivity index (χ1) is 8.84. The van der Waals surface area contributed by atoms with Crippen molar-refractivity contribution in [3.63, 3.8) is 0 Å². The maximum atomic E-state index is 14.0. The molecule has 19 heavy (non-hydrogen) atoms. The number of hydrogen-bond acceptors (Lipinski definition) is 2. The Balaban J connectivity index is 2.51. The number of aromatic amines is 1. The van der Waals surface area contributed by atoms with E-state index in [-0.39, 0.29) is 17.1 Å². The van der Waals surface area contributed by atoms with Crippen LogP contribution in [0.2, 0.25) is 0 Å². The molecule has 0 aliphatic heterocycles. The summed E-state index contributed by atoms with van der Waals surface area (Å²) < 4.78 is 56.5. The predicted molar refractivity (Wildman–Crippen MR) is 63.2 cm³/mol. The lowest BCUT2D eigenvalue weighted by Crippen LogP contribution is -2.05. The summed E-state index contributed by atoms with van der Waals surface area (Å²) in [5.41, 5.74) is -1.21. The van der Waals surface area contributed by atoms with Crippen LogP contribution in [0.4, 0.5) is 17.6 Å². The van der Waals surface area contributed by atoms with Gasteiger partial charge < -0.3 is 9.72 Å². The van der Waals surface area contributed by atoms with Crippen molar-refractivity contribution in [3.05, 3.63) is 34.3 Å². The molecule has 0 saturated heterocycles. The number of hydrogen-bond donors (Lipinski definition) is 1. The van der Waals surface area contributed by atoms with Crippen molar-refractivity contribution in [3.8, 4) is 17.1 Å². The molecule has 0 aliphatic carbocycles. The number of H-pyrrole nitrogens is 1. The summed E-state index contributed by atoms with van der Waals surface area (Å²) in [4.78, 5) is 5.62. The Morgan fingerprint density at radius 3 is 2.53 bits per heavy atom. The first kappa shape index (κ1) is 13.9. The second-order valence-electron chi connectivity index (χ2n) is 3.57. The van der Waals surface area contributed by atoms with Gasteiger partial charge in [0.1, 0.15) is 5.82 Å². The zero-order valence-corrected chi connectivity index (χ0v) is 11.1. The SMILES string of the molecule is COc1c(Br)ccc(-c2nc(C(F)(F)F)c[nH]2)c1F. The van der Waals surface area contributed by atoms with Gasteiger partial charge in [-0.2, -0.15) is 13.2 Å². The minimum Gasteiger partial charge on any atom is -0.492 e. The minimum absolute atomic E-state index is 0.0949. The summed E-state index contributed by atoms with van der Waals surface area (Å²) in [7, 11) is 1.26. The number of nitrogens with zero attached hydrogens (tertiary/aromatic N) is 1. The number of nitrogens with one attached hydrogen (secondary N) is 1. The predicted octanol–water partition coefficient (Wildman–Crippen LogP) is 4.01. The lowest BCUT2D eigenvalue weighted by molar-refractivity contribution is -0.140. The highest BCUT2D eigenvalue weighted by Crippen LogP contribution is 2.35. The molecule has 102 valence electrons. The maximum Gasteiger partial charge on any atom is 0.434 e. The van der Waals surface area contributed by atoms with Crippen LogP contribution in [0.15, 0.2) is 22.8 Å². The molecular weight excluding hydrogens is 332 g/mol. The number of ether oxygens (including phenoxy) is 1. The molecule has 2 rings (SSSR count). The van der Waals surface area contributed by atoms with Gasteiger partial charge in [-0.25, -0.2) is 9.37 Å². The van der Waals surface area contributed by atoms with Crippen molar-refractivity contribution in [1.29, 1.82) is 0 Å². The highest BCUT2D eigenvalue weighted by atomic mass is 79.9. The molecule has 0 unspecified atom stereocenters. The van der Waals surface area contributed by atoms with Gasteiger partial charge in [-0.1, -0.05) is 0 Å². The van der Waals surface area contributed by atoms with Crippen molar-refractivity contribution < 1.29 is 22.3 Å². The Bertz CT molecular complexity index is 609. The van der Waals surface area contributed by atoms with Gasteiger partial charge >= 0.3 is 6.18 Å². The maximum absolute atomic E-state index is 14.0. The van der Waals surface area contributed by atoms with E-state index in [9.17, 15) is 17.6 Å². The second kappa shape index (κ2) is 4.84. The minimum atomic E-state index is -4.58. The average Bonchev–Trinajstić information content (AvgIpc) is 2.78. The van der Waals surface area contributed by atoms with Gasteiger partial charge in [-0.3, -0.25) is 0 Å². The van der Waals surface area contributed by atoms with E-state index < -0.39 is 17.7 Å². The van der Waals surface area contributed by atoms with Crippen molar-refractivity contribution >= 4 is 15.9 Å². The molecule has 2 aromatic rings. The molecule has 0 amide bonds. The zero-order valence-electron chi connectivity index (χ0n) is 9.48. The monoisotopic (exact) mass is 338 g/mol. The molecule has 0 radical (unpaired) electrons. The van der Waals surface area contributed by atoms with Crippen LogP contribution in [0.3, 0.4) is 0 Å². The Morgan fingerprint density at radius 1 is 1.32 bits per heavy atom. The number of rotatable bonds is 2. The Labute approximate surface area is 113 Å². The van der Waals surface area contributed by atoms with E-state index >= 15 is 0 Å². The van der Waals surface area contributed by atoms with Crippen LogP contribution in [0, 0.1) is 5.82 Å². The fourth-order valence-corrected chi connectivity index (χ4v) is 1.98. The van der Waals surface area contributed by atoms with Crippen molar-refractivity contribution in [2.24, 2.45) is 0 Å². The molecule has 3 nitrogen and oxygen atoms in total. The van der Waals surface area contributed by atoms with Gasteiger partial charge in [0, 0.05) is 6.20 Å². The van der Waals surface area contributed by atoms with Crippen molar-refractivity contribution in [2.75, 3.05) is 7.11 Å². The quantitative estimate of drug-likeness (QED) is 0.840. The lowest BCUT2D eigenvalue weighted by atomic mass is 10.2. The molecule has 0 aliphatic rings. The lowest BCUT2D eigenvalue weighted by Gasteiger charge is -2.07. The van der Waals surface area contributed by atoms with Gasteiger partial charge in [-0.05, 0) is 28.1 Å². The fourth-order valence-electron chi connectivity index (χ4n) is 1.51. The van der Waals surface area contributed by atoms with E-state index in [0.717, 1.165) is 0 Å². The molecule has 1 heterocycles. The van der Waals surface area contributed by atoms with Gasteiger partial charge in [-0.15, -0.1) is 0 Å². The van der Waals surface area contributed by atoms with Gasteiger partial charge in [0.15, 0.2) is 17.3 Å². The average molecular weight is 339 g/mol. The van der Waals surface area contributed by atoms with Crippen LogP contribution in [0.1, 0.15) is 5.69 Å². The van der Waals surface area contributed by atoms with Gasteiger partial charge in [0.05, 0.1) is 17.1 Å². The molecule has 0 saturated carbocycles. The normalized spacial score (nSPS) is 11.7. The summed E-state index contributed by atoms with van der Waals surface area (Å²) in [5.74, 6) is -1.10. The molecule has 1 aromatic heterocycles. The summed E-state index contributed by atoms with van der Waals surface area (Å²) in [6, 6.07) is 2.77. The smallest absolute Gasteiger partial charge is 0.434 e. The molecule has 1 N–H and O–H groups in total. The Kier molecular flexibility index (Phi) is 3.53. The number of aromatic nitrogens is 2. The molecule has 1 aromatic carbocycles. The van der Waals surface area contributed by atoms with Gasteiger partial charge in [0.25, 0.3) is 0 Å². The number of benzene rings is 1. The van der Waals surface area contributed by atoms with E-state index in [1.165, 1.54) is 19.2 Å². The molecule has 0 bridgehead atoms. The Morgan fingerprint density at radius 2 is 2.00 bits per heavy atom. The molecule has 0 fully saturated rings. The first-order valence-electron chi connectivity index (χ1n) is 4.99. The van der Waals surface area contributed by atoms with Crippen LogP contribution < -0.4 is 4.74 Å². The van der Waals surface area contributed by atoms with Crippen LogP contribution in [0.25, 0.3) is 11.4 Å². The summed E-state index contributed by atoms with van der Waals surface area (Å²) in [6.45, 7) is 0. The molecular formula is C11H7BrF4N2O. The van der Waals surface area contributed by atoms with Gasteiger partial charge in [0.2, 0.25) is 0 Å². The van der Waals surface area contributed by atoms with Crippen LogP contribution >= 0.6 is 15.9 Å². The zero-order chi connectivity index (χ0) is 14.2. The third-order valence-electron chi connectivity index (χ3n) is 2.38. The van der Waals surface area contributed by atoms with E-state index in [0.29, 0.717) is 10.7 Å². The second-order valence-corrected chi connectivity index (χ2v) is 4.43. The number of halogens is 5. The van der Waals surface area contributed by atoms with E-state index in [1.807, 2.05) is 0 Å². The number of alkyl halides is 3.